The summed E-state index contributed by atoms with van der Waals surface area (Å²) in [6.45, 7) is 7.26. The standard InChI is InChI=1S/C15H29N3O2/c1-11(2)15(20)17-13-7-9-18(10-8-13)14(19)6-4-5-12(3)16/h11-13H,4-10,16H2,1-3H3,(H,17,20). The monoisotopic (exact) mass is 283 g/mol. The third-order valence-electron chi connectivity index (χ3n) is 3.77. The largest absolute Gasteiger partial charge is 0.353 e. The smallest absolute Gasteiger partial charge is 0.222 e. The molecule has 3 N–H and O–H groups in total. The van der Waals surface area contributed by atoms with E-state index in [1.807, 2.05) is 25.7 Å². The molecule has 5 nitrogen and oxygen atoms in total. The van der Waals surface area contributed by atoms with Crippen molar-refractivity contribution in [3.8, 4) is 0 Å². The number of nitrogens with two attached hydrogens (primary N) is 1. The highest BCUT2D eigenvalue weighted by Gasteiger charge is 2.24. The van der Waals surface area contributed by atoms with Crippen LogP contribution >= 0.6 is 0 Å². The summed E-state index contributed by atoms with van der Waals surface area (Å²) >= 11 is 0. The van der Waals surface area contributed by atoms with Gasteiger partial charge in [-0.25, -0.2) is 0 Å². The molecular formula is C15H29N3O2. The van der Waals surface area contributed by atoms with E-state index in [1.165, 1.54) is 0 Å². The number of nitrogens with zero attached hydrogens (tertiary/aromatic N) is 1. The van der Waals surface area contributed by atoms with Crippen LogP contribution < -0.4 is 11.1 Å². The van der Waals surface area contributed by atoms with Crippen LogP contribution in [-0.4, -0.2) is 41.9 Å². The Morgan fingerprint density at radius 2 is 1.85 bits per heavy atom. The molecule has 0 saturated carbocycles. The van der Waals surface area contributed by atoms with Gasteiger partial charge in [0.15, 0.2) is 0 Å². The van der Waals surface area contributed by atoms with Crippen LogP contribution in [0.3, 0.4) is 0 Å². The van der Waals surface area contributed by atoms with Crippen molar-refractivity contribution in [3.05, 3.63) is 0 Å². The Morgan fingerprint density at radius 1 is 1.25 bits per heavy atom. The molecule has 1 unspecified atom stereocenters. The van der Waals surface area contributed by atoms with Gasteiger partial charge in [0.1, 0.15) is 0 Å². The molecule has 0 aromatic heterocycles. The summed E-state index contributed by atoms with van der Waals surface area (Å²) in [5.74, 6) is 0.346. The second-order valence-electron chi connectivity index (χ2n) is 6.19. The summed E-state index contributed by atoms with van der Waals surface area (Å²) in [5, 5.41) is 3.04. The third-order valence-corrected chi connectivity index (χ3v) is 3.77. The summed E-state index contributed by atoms with van der Waals surface area (Å²) in [5.41, 5.74) is 5.68. The van der Waals surface area contributed by atoms with Crippen LogP contribution in [0.2, 0.25) is 0 Å². The van der Waals surface area contributed by atoms with E-state index in [-0.39, 0.29) is 29.8 Å². The Labute approximate surface area is 122 Å². The lowest BCUT2D eigenvalue weighted by Gasteiger charge is -2.33. The first-order valence-corrected chi connectivity index (χ1v) is 7.74. The van der Waals surface area contributed by atoms with E-state index >= 15 is 0 Å². The van der Waals surface area contributed by atoms with E-state index in [0.717, 1.165) is 38.8 Å². The lowest BCUT2D eigenvalue weighted by atomic mass is 10.0. The SMILES string of the molecule is CC(N)CCCC(=O)N1CCC(NC(=O)C(C)C)CC1. The van der Waals surface area contributed by atoms with Crippen LogP contribution in [0.5, 0.6) is 0 Å². The zero-order chi connectivity index (χ0) is 15.1. The first kappa shape index (κ1) is 17.0. The van der Waals surface area contributed by atoms with E-state index in [9.17, 15) is 9.59 Å². The van der Waals surface area contributed by atoms with E-state index in [0.29, 0.717) is 6.42 Å². The first-order valence-electron chi connectivity index (χ1n) is 7.74. The van der Waals surface area contributed by atoms with Gasteiger partial charge in [-0.2, -0.15) is 0 Å². The molecule has 1 heterocycles. The normalized spacial score (nSPS) is 18.1. The van der Waals surface area contributed by atoms with E-state index in [1.54, 1.807) is 0 Å². The van der Waals surface area contributed by atoms with Crippen LogP contribution in [0.4, 0.5) is 0 Å². The molecule has 0 bridgehead atoms. The molecule has 116 valence electrons. The van der Waals surface area contributed by atoms with Crippen molar-refractivity contribution in [2.75, 3.05) is 13.1 Å². The van der Waals surface area contributed by atoms with Crippen LogP contribution in [0.1, 0.15) is 52.9 Å². The summed E-state index contributed by atoms with van der Waals surface area (Å²) in [4.78, 5) is 25.6. The zero-order valence-corrected chi connectivity index (χ0v) is 13.0. The molecule has 0 spiro atoms. The zero-order valence-electron chi connectivity index (χ0n) is 13.0. The van der Waals surface area contributed by atoms with Gasteiger partial charge in [0, 0.05) is 37.5 Å². The molecule has 5 heteroatoms. The minimum Gasteiger partial charge on any atom is -0.353 e. The topological polar surface area (TPSA) is 75.4 Å². The Morgan fingerprint density at radius 3 is 2.35 bits per heavy atom. The molecule has 1 atom stereocenters. The molecule has 1 fully saturated rings. The summed E-state index contributed by atoms with van der Waals surface area (Å²) in [6.07, 6.45) is 4.06. The first-order chi connectivity index (χ1) is 9.40. The summed E-state index contributed by atoms with van der Waals surface area (Å²) < 4.78 is 0. The maximum atomic E-state index is 12.0. The fourth-order valence-corrected chi connectivity index (χ4v) is 2.37. The number of carbonyl (C=O) groups is 2. The minimum atomic E-state index is 0.0212. The molecule has 20 heavy (non-hydrogen) atoms. The van der Waals surface area contributed by atoms with Gasteiger partial charge in [0.05, 0.1) is 0 Å². The van der Waals surface area contributed by atoms with Gasteiger partial charge in [-0.1, -0.05) is 13.8 Å². The number of likely N-dealkylation sites (tertiary alicyclic amines) is 1. The molecule has 0 radical (unpaired) electrons. The third kappa shape index (κ3) is 5.90. The second kappa shape index (κ2) is 8.25. The van der Waals surface area contributed by atoms with Crippen LogP contribution in [0.15, 0.2) is 0 Å². The second-order valence-corrected chi connectivity index (χ2v) is 6.19. The van der Waals surface area contributed by atoms with Gasteiger partial charge < -0.3 is 16.0 Å². The van der Waals surface area contributed by atoms with Crippen molar-refractivity contribution >= 4 is 11.8 Å². The average molecular weight is 283 g/mol. The van der Waals surface area contributed by atoms with Crippen molar-refractivity contribution in [2.24, 2.45) is 11.7 Å². The van der Waals surface area contributed by atoms with Gasteiger partial charge in [-0.3, -0.25) is 9.59 Å². The molecule has 1 aliphatic rings. The summed E-state index contributed by atoms with van der Waals surface area (Å²) in [6, 6.07) is 0.387. The van der Waals surface area contributed by atoms with Crippen molar-refractivity contribution < 1.29 is 9.59 Å². The van der Waals surface area contributed by atoms with Crippen LogP contribution in [0, 0.1) is 5.92 Å². The molecule has 0 aliphatic carbocycles. The van der Waals surface area contributed by atoms with Crippen LogP contribution in [0.25, 0.3) is 0 Å². The Kier molecular flexibility index (Phi) is 6.99. The Bertz CT molecular complexity index is 321. The fourth-order valence-electron chi connectivity index (χ4n) is 2.37. The number of piperidine rings is 1. The lowest BCUT2D eigenvalue weighted by Crippen LogP contribution is -2.47. The number of carbonyl (C=O) groups excluding carboxylic acids is 2. The van der Waals surface area contributed by atoms with Crippen LogP contribution in [-0.2, 0) is 9.59 Å². The molecule has 0 aromatic carbocycles. The summed E-state index contributed by atoms with van der Waals surface area (Å²) in [7, 11) is 0. The van der Waals surface area contributed by atoms with Gasteiger partial charge in [0.2, 0.25) is 11.8 Å². The predicted molar refractivity (Wildman–Crippen MR) is 80.1 cm³/mol. The fraction of sp³-hybridized carbons (Fsp3) is 0.867. The number of hydrogen-bond acceptors (Lipinski definition) is 3. The van der Waals surface area contributed by atoms with Crippen molar-refractivity contribution in [1.29, 1.82) is 0 Å². The minimum absolute atomic E-state index is 0.0212. The Balaban J connectivity index is 2.24. The number of rotatable bonds is 6. The van der Waals surface area contributed by atoms with E-state index < -0.39 is 0 Å². The van der Waals surface area contributed by atoms with Gasteiger partial charge in [0.25, 0.3) is 0 Å². The molecular weight excluding hydrogens is 254 g/mol. The van der Waals surface area contributed by atoms with Gasteiger partial charge in [-0.05, 0) is 32.6 Å². The number of hydrogen-bond donors (Lipinski definition) is 2. The average Bonchev–Trinajstić information content (AvgIpc) is 2.38. The van der Waals surface area contributed by atoms with E-state index in [2.05, 4.69) is 5.32 Å². The van der Waals surface area contributed by atoms with Crippen molar-refractivity contribution in [2.45, 2.75) is 65.0 Å². The molecule has 1 rings (SSSR count). The molecule has 1 saturated heterocycles. The number of amides is 2. The van der Waals surface area contributed by atoms with Crippen molar-refractivity contribution in [3.63, 3.8) is 0 Å². The van der Waals surface area contributed by atoms with E-state index in [4.69, 9.17) is 5.73 Å². The quantitative estimate of drug-likeness (QED) is 0.770. The molecule has 0 aromatic rings. The highest BCUT2D eigenvalue weighted by molar-refractivity contribution is 5.78. The van der Waals surface area contributed by atoms with Gasteiger partial charge in [-0.15, -0.1) is 0 Å². The molecule has 2 amide bonds. The maximum absolute atomic E-state index is 12.0. The lowest BCUT2D eigenvalue weighted by molar-refractivity contribution is -0.132. The number of nitrogens with one attached hydrogen (secondary N) is 1. The molecule has 1 aliphatic heterocycles. The van der Waals surface area contributed by atoms with Crippen molar-refractivity contribution in [1.82, 2.24) is 10.2 Å². The van der Waals surface area contributed by atoms with Gasteiger partial charge >= 0.3 is 0 Å². The predicted octanol–water partition coefficient (Wildman–Crippen LogP) is 1.27. The highest BCUT2D eigenvalue weighted by atomic mass is 16.2. The highest BCUT2D eigenvalue weighted by Crippen LogP contribution is 2.13. The maximum Gasteiger partial charge on any atom is 0.222 e. The Hall–Kier alpha value is -1.10.